The van der Waals surface area contributed by atoms with Crippen LogP contribution in [0.2, 0.25) is 0 Å². The van der Waals surface area contributed by atoms with Gasteiger partial charge < -0.3 is 10.8 Å². The van der Waals surface area contributed by atoms with Gasteiger partial charge in [-0.25, -0.2) is 0 Å². The molecule has 14 heavy (non-hydrogen) atoms. The van der Waals surface area contributed by atoms with Crippen molar-refractivity contribution in [1.29, 1.82) is 0 Å². The van der Waals surface area contributed by atoms with Gasteiger partial charge in [-0.2, -0.15) is 0 Å². The Morgan fingerprint density at radius 3 is 2.50 bits per heavy atom. The van der Waals surface area contributed by atoms with Crippen molar-refractivity contribution in [2.45, 2.75) is 38.6 Å². The molecular formula is C12H17NO. The highest BCUT2D eigenvalue weighted by atomic mass is 16.3. The second-order valence-electron chi connectivity index (χ2n) is 4.53. The fourth-order valence-corrected chi connectivity index (χ4v) is 1.77. The van der Waals surface area contributed by atoms with E-state index in [4.69, 9.17) is 5.73 Å². The van der Waals surface area contributed by atoms with Crippen LogP contribution in [0, 0.1) is 13.8 Å². The van der Waals surface area contributed by atoms with E-state index >= 15 is 0 Å². The zero-order valence-corrected chi connectivity index (χ0v) is 8.80. The molecule has 1 fully saturated rings. The number of hydrogen-bond acceptors (Lipinski definition) is 2. The van der Waals surface area contributed by atoms with E-state index in [2.05, 4.69) is 6.92 Å². The van der Waals surface area contributed by atoms with Gasteiger partial charge in [0.05, 0.1) is 0 Å². The minimum atomic E-state index is 0.0498. The number of benzene rings is 1. The number of phenolic OH excluding ortho intramolecular Hbond substituents is 1. The van der Waals surface area contributed by atoms with Crippen molar-refractivity contribution >= 4 is 0 Å². The molecule has 0 spiro atoms. The Kier molecular flexibility index (Phi) is 2.04. The predicted molar refractivity (Wildman–Crippen MR) is 57.4 cm³/mol. The monoisotopic (exact) mass is 191 g/mol. The van der Waals surface area contributed by atoms with Gasteiger partial charge in [-0.05, 0) is 55.9 Å². The molecule has 2 nitrogen and oxygen atoms in total. The Morgan fingerprint density at radius 1 is 1.29 bits per heavy atom. The normalized spacial score (nSPS) is 18.2. The minimum absolute atomic E-state index is 0.0498. The first-order chi connectivity index (χ1) is 6.52. The molecule has 2 heteroatoms. The molecule has 0 radical (unpaired) electrons. The lowest BCUT2D eigenvalue weighted by molar-refractivity contribution is 0.470. The molecule has 0 amide bonds. The lowest BCUT2D eigenvalue weighted by Gasteiger charge is -2.13. The average Bonchev–Trinajstić information content (AvgIpc) is 2.86. The molecule has 3 N–H and O–H groups in total. The Bertz CT molecular complexity index is 367. The zero-order valence-electron chi connectivity index (χ0n) is 8.80. The largest absolute Gasteiger partial charge is 0.508 e. The van der Waals surface area contributed by atoms with Crippen LogP contribution < -0.4 is 5.73 Å². The third kappa shape index (κ3) is 1.62. The van der Waals surface area contributed by atoms with E-state index in [-0.39, 0.29) is 5.54 Å². The number of nitrogens with two attached hydrogens (primary N) is 1. The molecule has 0 aromatic heterocycles. The van der Waals surface area contributed by atoms with Crippen molar-refractivity contribution in [1.82, 2.24) is 0 Å². The van der Waals surface area contributed by atoms with Gasteiger partial charge in [0.15, 0.2) is 0 Å². The van der Waals surface area contributed by atoms with Crippen molar-refractivity contribution in [3.63, 3.8) is 0 Å². The molecule has 1 saturated carbocycles. The predicted octanol–water partition coefficient (Wildman–Crippen LogP) is 2.04. The van der Waals surface area contributed by atoms with Gasteiger partial charge in [0, 0.05) is 5.54 Å². The van der Waals surface area contributed by atoms with Crippen LogP contribution in [-0.4, -0.2) is 10.6 Å². The lowest BCUT2D eigenvalue weighted by atomic mass is 9.96. The SMILES string of the molecule is Cc1c(O)ccc(CC2(N)CC2)c1C. The van der Waals surface area contributed by atoms with Crippen LogP contribution in [0.25, 0.3) is 0 Å². The van der Waals surface area contributed by atoms with Crippen molar-refractivity contribution in [3.8, 4) is 5.75 Å². The highest BCUT2D eigenvalue weighted by molar-refractivity contribution is 5.43. The molecule has 1 aromatic rings. The van der Waals surface area contributed by atoms with Gasteiger partial charge in [0.25, 0.3) is 0 Å². The Balaban J connectivity index is 2.30. The summed E-state index contributed by atoms with van der Waals surface area (Å²) in [5.74, 6) is 0.383. The molecule has 0 heterocycles. The summed E-state index contributed by atoms with van der Waals surface area (Å²) in [5.41, 5.74) is 9.56. The molecule has 1 aromatic carbocycles. The van der Waals surface area contributed by atoms with E-state index < -0.39 is 0 Å². The van der Waals surface area contributed by atoms with Gasteiger partial charge in [-0.3, -0.25) is 0 Å². The summed E-state index contributed by atoms with van der Waals surface area (Å²) < 4.78 is 0. The van der Waals surface area contributed by atoms with Gasteiger partial charge in [-0.15, -0.1) is 0 Å². The second-order valence-corrected chi connectivity index (χ2v) is 4.53. The number of aromatic hydroxyl groups is 1. The van der Waals surface area contributed by atoms with Crippen LogP contribution in [0.5, 0.6) is 5.75 Å². The lowest BCUT2D eigenvalue weighted by Crippen LogP contribution is -2.25. The van der Waals surface area contributed by atoms with E-state index in [1.807, 2.05) is 13.0 Å². The van der Waals surface area contributed by atoms with Crippen molar-refractivity contribution in [2.24, 2.45) is 5.73 Å². The molecule has 0 bridgehead atoms. The van der Waals surface area contributed by atoms with Gasteiger partial charge in [0.2, 0.25) is 0 Å². The van der Waals surface area contributed by atoms with Crippen LogP contribution in [0.1, 0.15) is 29.5 Å². The number of hydrogen-bond donors (Lipinski definition) is 2. The Labute approximate surface area is 84.7 Å². The van der Waals surface area contributed by atoms with Crippen molar-refractivity contribution < 1.29 is 5.11 Å². The first kappa shape index (κ1) is 9.53. The number of rotatable bonds is 2. The molecule has 0 atom stereocenters. The van der Waals surface area contributed by atoms with Crippen LogP contribution in [0.4, 0.5) is 0 Å². The van der Waals surface area contributed by atoms with Gasteiger partial charge in [0.1, 0.15) is 5.75 Å². The topological polar surface area (TPSA) is 46.2 Å². The summed E-state index contributed by atoms with van der Waals surface area (Å²) >= 11 is 0. The molecular weight excluding hydrogens is 174 g/mol. The van der Waals surface area contributed by atoms with E-state index in [1.54, 1.807) is 6.07 Å². The molecule has 1 aliphatic rings. The summed E-state index contributed by atoms with van der Waals surface area (Å²) in [6.07, 6.45) is 3.21. The van der Waals surface area contributed by atoms with Crippen LogP contribution >= 0.6 is 0 Å². The fourth-order valence-electron chi connectivity index (χ4n) is 1.77. The highest BCUT2D eigenvalue weighted by Gasteiger charge is 2.38. The maximum absolute atomic E-state index is 9.51. The Morgan fingerprint density at radius 2 is 1.93 bits per heavy atom. The molecule has 1 aliphatic carbocycles. The van der Waals surface area contributed by atoms with Crippen LogP contribution in [0.15, 0.2) is 12.1 Å². The molecule has 2 rings (SSSR count). The first-order valence-electron chi connectivity index (χ1n) is 5.09. The maximum atomic E-state index is 9.51. The minimum Gasteiger partial charge on any atom is -0.508 e. The van der Waals surface area contributed by atoms with E-state index in [1.165, 1.54) is 11.1 Å². The molecule has 0 unspecified atom stereocenters. The van der Waals surface area contributed by atoms with Crippen LogP contribution in [0.3, 0.4) is 0 Å². The molecule has 0 saturated heterocycles. The highest BCUT2D eigenvalue weighted by Crippen LogP contribution is 2.37. The quantitative estimate of drug-likeness (QED) is 0.751. The van der Waals surface area contributed by atoms with E-state index in [9.17, 15) is 5.11 Å². The average molecular weight is 191 g/mol. The smallest absolute Gasteiger partial charge is 0.118 e. The summed E-state index contributed by atoms with van der Waals surface area (Å²) in [6, 6.07) is 3.76. The van der Waals surface area contributed by atoms with Crippen LogP contribution in [-0.2, 0) is 6.42 Å². The van der Waals surface area contributed by atoms with Crippen molar-refractivity contribution in [2.75, 3.05) is 0 Å². The summed E-state index contributed by atoms with van der Waals surface area (Å²) in [7, 11) is 0. The molecule has 0 aliphatic heterocycles. The third-order valence-electron chi connectivity index (χ3n) is 3.31. The fraction of sp³-hybridized carbons (Fsp3) is 0.500. The summed E-state index contributed by atoms with van der Waals surface area (Å²) in [4.78, 5) is 0. The van der Waals surface area contributed by atoms with Gasteiger partial charge in [-0.1, -0.05) is 6.07 Å². The first-order valence-corrected chi connectivity index (χ1v) is 5.09. The third-order valence-corrected chi connectivity index (χ3v) is 3.31. The molecule has 76 valence electrons. The Hall–Kier alpha value is -1.02. The van der Waals surface area contributed by atoms with Gasteiger partial charge >= 0.3 is 0 Å². The maximum Gasteiger partial charge on any atom is 0.118 e. The second kappa shape index (κ2) is 2.99. The van der Waals surface area contributed by atoms with E-state index in [0.717, 1.165) is 24.8 Å². The van der Waals surface area contributed by atoms with Crippen molar-refractivity contribution in [3.05, 3.63) is 28.8 Å². The summed E-state index contributed by atoms with van der Waals surface area (Å²) in [6.45, 7) is 4.00. The zero-order chi connectivity index (χ0) is 10.3. The number of phenols is 1. The van der Waals surface area contributed by atoms with E-state index in [0.29, 0.717) is 5.75 Å². The summed E-state index contributed by atoms with van der Waals surface area (Å²) in [5, 5.41) is 9.51. The standard InChI is InChI=1S/C12H17NO/c1-8-9(2)11(14)4-3-10(8)7-12(13)5-6-12/h3-4,14H,5-7,13H2,1-2H3.